The molecule has 0 aromatic heterocycles. The molecule has 0 spiro atoms. The van der Waals surface area contributed by atoms with Crippen LogP contribution in [-0.4, -0.2) is 23.3 Å². The summed E-state index contributed by atoms with van der Waals surface area (Å²) in [7, 11) is 0. The van der Waals surface area contributed by atoms with Crippen LogP contribution in [0.3, 0.4) is 0 Å². The van der Waals surface area contributed by atoms with Gasteiger partial charge in [-0.2, -0.15) is 0 Å². The van der Waals surface area contributed by atoms with Gasteiger partial charge in [-0.25, -0.2) is 0 Å². The second kappa shape index (κ2) is 5.82. The second-order valence-corrected chi connectivity index (χ2v) is 4.65. The number of carbonyl (C=O) groups excluding carboxylic acids is 1. The lowest BCUT2D eigenvalue weighted by Gasteiger charge is -2.27. The summed E-state index contributed by atoms with van der Waals surface area (Å²) >= 11 is 0. The van der Waals surface area contributed by atoms with E-state index in [-0.39, 0.29) is 5.97 Å². The standard InChI is InChI=1S/C14H20O3/c1-4-17-13(15)12(14(2,3)16)10-11-8-6-5-7-9-11/h5-9,12,16H,4,10H2,1-3H3/t12-/m0/s1. The highest BCUT2D eigenvalue weighted by molar-refractivity contribution is 5.74. The van der Waals surface area contributed by atoms with Crippen molar-refractivity contribution in [2.24, 2.45) is 5.92 Å². The van der Waals surface area contributed by atoms with Crippen LogP contribution >= 0.6 is 0 Å². The Morgan fingerprint density at radius 2 is 1.94 bits per heavy atom. The fourth-order valence-corrected chi connectivity index (χ4v) is 1.71. The SMILES string of the molecule is CCOC(=O)[C@H](Cc1ccccc1)C(C)(C)O. The molecule has 3 heteroatoms. The average Bonchev–Trinajstić information content (AvgIpc) is 2.26. The Balaban J connectivity index is 2.82. The van der Waals surface area contributed by atoms with Gasteiger partial charge in [0.05, 0.1) is 18.1 Å². The van der Waals surface area contributed by atoms with E-state index in [1.165, 1.54) is 0 Å². The van der Waals surface area contributed by atoms with Crippen molar-refractivity contribution in [3.63, 3.8) is 0 Å². The summed E-state index contributed by atoms with van der Waals surface area (Å²) in [5.74, 6) is -0.881. The number of rotatable bonds is 5. The van der Waals surface area contributed by atoms with E-state index in [0.717, 1.165) is 5.56 Å². The molecule has 17 heavy (non-hydrogen) atoms. The Hall–Kier alpha value is -1.35. The van der Waals surface area contributed by atoms with Gasteiger partial charge in [0.1, 0.15) is 0 Å². The molecule has 0 heterocycles. The zero-order valence-corrected chi connectivity index (χ0v) is 10.6. The lowest BCUT2D eigenvalue weighted by molar-refractivity contribution is -0.156. The fraction of sp³-hybridized carbons (Fsp3) is 0.500. The van der Waals surface area contributed by atoms with E-state index in [1.54, 1.807) is 20.8 Å². The summed E-state index contributed by atoms with van der Waals surface area (Å²) in [6.45, 7) is 5.37. The zero-order valence-electron chi connectivity index (χ0n) is 10.6. The molecule has 3 nitrogen and oxygen atoms in total. The first kappa shape index (κ1) is 13.7. The number of esters is 1. The Morgan fingerprint density at radius 1 is 1.35 bits per heavy atom. The van der Waals surface area contributed by atoms with Gasteiger partial charge in [0.15, 0.2) is 0 Å². The summed E-state index contributed by atoms with van der Waals surface area (Å²) in [5, 5.41) is 10.0. The minimum absolute atomic E-state index is 0.334. The van der Waals surface area contributed by atoms with E-state index in [1.807, 2.05) is 30.3 Å². The Labute approximate surface area is 102 Å². The number of benzene rings is 1. The van der Waals surface area contributed by atoms with E-state index in [9.17, 15) is 9.90 Å². The summed E-state index contributed by atoms with van der Waals surface area (Å²) in [6, 6.07) is 9.65. The van der Waals surface area contributed by atoms with Crippen molar-refractivity contribution in [2.45, 2.75) is 32.8 Å². The maximum Gasteiger partial charge on any atom is 0.312 e. The first-order valence-electron chi connectivity index (χ1n) is 5.88. The zero-order chi connectivity index (χ0) is 12.9. The van der Waals surface area contributed by atoms with Crippen molar-refractivity contribution < 1.29 is 14.6 Å². The van der Waals surface area contributed by atoms with E-state index in [2.05, 4.69) is 0 Å². The van der Waals surface area contributed by atoms with Crippen LogP contribution in [0.2, 0.25) is 0 Å². The molecule has 1 atom stereocenters. The smallest absolute Gasteiger partial charge is 0.312 e. The molecule has 1 N–H and O–H groups in total. The molecule has 1 aromatic carbocycles. The van der Waals surface area contributed by atoms with Gasteiger partial charge in [-0.15, -0.1) is 0 Å². The molecule has 0 saturated carbocycles. The molecular weight excluding hydrogens is 216 g/mol. The highest BCUT2D eigenvalue weighted by Crippen LogP contribution is 2.22. The van der Waals surface area contributed by atoms with Gasteiger partial charge in [-0.3, -0.25) is 4.79 Å². The summed E-state index contributed by atoms with van der Waals surface area (Å²) in [5.41, 5.74) is -0.0603. The van der Waals surface area contributed by atoms with Gasteiger partial charge in [0.2, 0.25) is 0 Å². The lowest BCUT2D eigenvalue weighted by atomic mass is 9.85. The molecule has 0 aliphatic rings. The van der Waals surface area contributed by atoms with Crippen LogP contribution in [0.4, 0.5) is 0 Å². The lowest BCUT2D eigenvalue weighted by Crippen LogP contribution is -2.39. The van der Waals surface area contributed by atoms with Crippen LogP contribution < -0.4 is 0 Å². The van der Waals surface area contributed by atoms with Crippen LogP contribution in [0.15, 0.2) is 30.3 Å². The van der Waals surface area contributed by atoms with Gasteiger partial charge >= 0.3 is 5.97 Å². The van der Waals surface area contributed by atoms with Crippen molar-refractivity contribution >= 4 is 5.97 Å². The Morgan fingerprint density at radius 3 is 2.41 bits per heavy atom. The average molecular weight is 236 g/mol. The van der Waals surface area contributed by atoms with Crippen molar-refractivity contribution in [3.8, 4) is 0 Å². The monoisotopic (exact) mass is 236 g/mol. The van der Waals surface area contributed by atoms with Crippen molar-refractivity contribution in [2.75, 3.05) is 6.61 Å². The third-order valence-electron chi connectivity index (χ3n) is 2.71. The third-order valence-corrected chi connectivity index (χ3v) is 2.71. The molecule has 94 valence electrons. The highest BCUT2D eigenvalue weighted by atomic mass is 16.5. The molecule has 1 rings (SSSR count). The third kappa shape index (κ3) is 4.19. The first-order chi connectivity index (χ1) is 7.95. The number of hydrogen-bond acceptors (Lipinski definition) is 3. The van der Waals surface area contributed by atoms with Crippen molar-refractivity contribution in [1.29, 1.82) is 0 Å². The quantitative estimate of drug-likeness (QED) is 0.797. The Kier molecular flexibility index (Phi) is 4.70. The van der Waals surface area contributed by atoms with Gasteiger partial charge in [-0.05, 0) is 32.8 Å². The van der Waals surface area contributed by atoms with Crippen LogP contribution in [0.5, 0.6) is 0 Å². The molecule has 0 unspecified atom stereocenters. The second-order valence-electron chi connectivity index (χ2n) is 4.65. The van der Waals surface area contributed by atoms with Crippen LogP contribution in [0.1, 0.15) is 26.3 Å². The number of aliphatic hydroxyl groups is 1. The largest absolute Gasteiger partial charge is 0.466 e. The predicted octanol–water partition coefficient (Wildman–Crippen LogP) is 2.18. The number of ether oxygens (including phenoxy) is 1. The molecule has 0 radical (unpaired) electrons. The minimum atomic E-state index is -1.08. The molecule has 0 amide bonds. The maximum atomic E-state index is 11.8. The first-order valence-corrected chi connectivity index (χ1v) is 5.88. The van der Waals surface area contributed by atoms with Gasteiger partial charge in [-0.1, -0.05) is 30.3 Å². The Bertz CT molecular complexity index is 351. The molecule has 0 bridgehead atoms. The number of hydrogen-bond donors (Lipinski definition) is 1. The van der Waals surface area contributed by atoms with Crippen LogP contribution in [0.25, 0.3) is 0 Å². The summed E-state index contributed by atoms with van der Waals surface area (Å²) in [4.78, 5) is 11.8. The normalized spacial score (nSPS) is 13.2. The maximum absolute atomic E-state index is 11.8. The highest BCUT2D eigenvalue weighted by Gasteiger charge is 2.34. The van der Waals surface area contributed by atoms with Crippen molar-refractivity contribution in [3.05, 3.63) is 35.9 Å². The van der Waals surface area contributed by atoms with Crippen LogP contribution in [-0.2, 0) is 16.0 Å². The van der Waals surface area contributed by atoms with E-state index in [0.29, 0.717) is 13.0 Å². The van der Waals surface area contributed by atoms with Gasteiger partial charge in [0, 0.05) is 0 Å². The van der Waals surface area contributed by atoms with Gasteiger partial charge < -0.3 is 9.84 Å². The van der Waals surface area contributed by atoms with E-state index >= 15 is 0 Å². The summed E-state index contributed by atoms with van der Waals surface area (Å²) < 4.78 is 5.00. The van der Waals surface area contributed by atoms with E-state index in [4.69, 9.17) is 4.74 Å². The topological polar surface area (TPSA) is 46.5 Å². The predicted molar refractivity (Wildman–Crippen MR) is 66.6 cm³/mol. The molecule has 0 aliphatic heterocycles. The molecule has 0 saturated heterocycles. The number of carbonyl (C=O) groups is 1. The van der Waals surface area contributed by atoms with Gasteiger partial charge in [0.25, 0.3) is 0 Å². The van der Waals surface area contributed by atoms with Crippen LogP contribution in [0, 0.1) is 5.92 Å². The molecule has 0 fully saturated rings. The molecule has 1 aromatic rings. The fourth-order valence-electron chi connectivity index (χ4n) is 1.71. The van der Waals surface area contributed by atoms with E-state index < -0.39 is 11.5 Å². The minimum Gasteiger partial charge on any atom is -0.466 e. The summed E-state index contributed by atoms with van der Waals surface area (Å²) in [6.07, 6.45) is 0.489. The van der Waals surface area contributed by atoms with Crippen molar-refractivity contribution in [1.82, 2.24) is 0 Å². The molecule has 0 aliphatic carbocycles. The molecular formula is C14H20O3.